The lowest BCUT2D eigenvalue weighted by Gasteiger charge is -2.25. The molecular formula is C16H27ClN4O3. The molecule has 0 saturated carbocycles. The van der Waals surface area contributed by atoms with Gasteiger partial charge >= 0.3 is 6.03 Å². The van der Waals surface area contributed by atoms with Crippen LogP contribution in [0.2, 0.25) is 0 Å². The quantitative estimate of drug-likeness (QED) is 0.502. The number of benzene rings is 1. The maximum Gasteiger partial charge on any atom is 0.320 e. The van der Waals surface area contributed by atoms with Crippen LogP contribution < -0.4 is 21.3 Å². The van der Waals surface area contributed by atoms with Crippen molar-refractivity contribution in [3.8, 4) is 0 Å². The Bertz CT molecular complexity index is 497. The number of halogens is 1. The lowest BCUT2D eigenvalue weighted by molar-refractivity contribution is -0.125. The van der Waals surface area contributed by atoms with Crippen LogP contribution in [-0.4, -0.2) is 50.8 Å². The van der Waals surface area contributed by atoms with Crippen LogP contribution in [0.3, 0.4) is 0 Å². The van der Waals surface area contributed by atoms with Gasteiger partial charge in [0.05, 0.1) is 6.61 Å². The number of carbonyl (C=O) groups is 2. The lowest BCUT2D eigenvalue weighted by Crippen LogP contribution is -2.56. The predicted molar refractivity (Wildman–Crippen MR) is 97.7 cm³/mol. The molecule has 4 N–H and O–H groups in total. The number of methoxy groups -OCH3 is 1. The van der Waals surface area contributed by atoms with E-state index < -0.39 is 11.6 Å². The first-order valence-electron chi connectivity index (χ1n) is 7.58. The van der Waals surface area contributed by atoms with E-state index in [1.165, 1.54) is 0 Å². The number of anilines is 1. The largest absolute Gasteiger partial charge is 0.383 e. The summed E-state index contributed by atoms with van der Waals surface area (Å²) >= 11 is 0. The Morgan fingerprint density at radius 2 is 1.75 bits per heavy atom. The van der Waals surface area contributed by atoms with E-state index in [4.69, 9.17) is 4.74 Å². The lowest BCUT2D eigenvalue weighted by atomic mass is 10.1. The minimum atomic E-state index is -1.01. The van der Waals surface area contributed by atoms with Gasteiger partial charge in [0.2, 0.25) is 5.91 Å². The molecule has 0 unspecified atom stereocenters. The SMILES string of the molecule is COCCNCCNC(=O)C(C)(C)NC(=O)Nc1ccccc1.Cl. The summed E-state index contributed by atoms with van der Waals surface area (Å²) in [6.07, 6.45) is 0. The van der Waals surface area contributed by atoms with Crippen LogP contribution in [-0.2, 0) is 9.53 Å². The Kier molecular flexibility index (Phi) is 10.8. The normalized spacial score (nSPS) is 10.5. The Balaban J connectivity index is 0.00000529. The number of rotatable bonds is 9. The average molecular weight is 359 g/mol. The summed E-state index contributed by atoms with van der Waals surface area (Å²) in [5.74, 6) is -0.241. The van der Waals surface area contributed by atoms with Crippen molar-refractivity contribution in [2.75, 3.05) is 38.7 Å². The third kappa shape index (κ3) is 8.71. The van der Waals surface area contributed by atoms with Crippen LogP contribution in [0.4, 0.5) is 10.5 Å². The van der Waals surface area contributed by atoms with Gasteiger partial charge in [-0.15, -0.1) is 12.4 Å². The number of hydrogen-bond donors (Lipinski definition) is 4. The fourth-order valence-corrected chi connectivity index (χ4v) is 1.81. The van der Waals surface area contributed by atoms with Crippen molar-refractivity contribution in [1.82, 2.24) is 16.0 Å². The summed E-state index contributed by atoms with van der Waals surface area (Å²) in [7, 11) is 1.64. The number of amides is 3. The molecular weight excluding hydrogens is 332 g/mol. The second-order valence-corrected chi connectivity index (χ2v) is 5.57. The zero-order valence-corrected chi connectivity index (χ0v) is 15.2. The number of ether oxygens (including phenoxy) is 1. The molecule has 7 nitrogen and oxygen atoms in total. The smallest absolute Gasteiger partial charge is 0.320 e. The van der Waals surface area contributed by atoms with Crippen molar-refractivity contribution >= 4 is 30.0 Å². The van der Waals surface area contributed by atoms with Gasteiger partial charge in [0, 0.05) is 32.4 Å². The topological polar surface area (TPSA) is 91.5 Å². The summed E-state index contributed by atoms with van der Waals surface area (Å²) in [4.78, 5) is 24.1. The highest BCUT2D eigenvalue weighted by molar-refractivity contribution is 5.95. The van der Waals surface area contributed by atoms with Crippen LogP contribution in [0, 0.1) is 0 Å². The van der Waals surface area contributed by atoms with E-state index in [1.807, 2.05) is 18.2 Å². The van der Waals surface area contributed by atoms with Crippen molar-refractivity contribution < 1.29 is 14.3 Å². The molecule has 0 fully saturated rings. The highest BCUT2D eigenvalue weighted by atomic mass is 35.5. The predicted octanol–water partition coefficient (Wildman–Crippen LogP) is 1.36. The standard InChI is InChI=1S/C16H26N4O3.ClH/c1-16(2,14(21)18-10-9-17-11-12-23-3)20-15(22)19-13-7-5-4-6-8-13;/h4-8,17H,9-12H2,1-3H3,(H,18,21)(H2,19,20,22);1H. The highest BCUT2D eigenvalue weighted by Gasteiger charge is 2.29. The first-order chi connectivity index (χ1) is 11.0. The van der Waals surface area contributed by atoms with Gasteiger partial charge in [-0.05, 0) is 26.0 Å². The second kappa shape index (κ2) is 11.7. The van der Waals surface area contributed by atoms with Gasteiger partial charge in [-0.3, -0.25) is 4.79 Å². The summed E-state index contributed by atoms with van der Waals surface area (Å²) in [6.45, 7) is 5.79. The van der Waals surface area contributed by atoms with E-state index >= 15 is 0 Å². The third-order valence-corrected chi connectivity index (χ3v) is 3.10. The molecule has 8 heteroatoms. The molecule has 1 aromatic rings. The molecule has 0 saturated heterocycles. The molecule has 1 rings (SSSR count). The van der Waals surface area contributed by atoms with Gasteiger partial charge in [0.25, 0.3) is 0 Å². The molecule has 0 bridgehead atoms. The number of nitrogens with one attached hydrogen (secondary N) is 4. The average Bonchev–Trinajstić information content (AvgIpc) is 2.50. The van der Waals surface area contributed by atoms with Crippen molar-refractivity contribution in [2.45, 2.75) is 19.4 Å². The monoisotopic (exact) mass is 358 g/mol. The van der Waals surface area contributed by atoms with Crippen LogP contribution in [0.25, 0.3) is 0 Å². The van der Waals surface area contributed by atoms with Crippen LogP contribution >= 0.6 is 12.4 Å². The summed E-state index contributed by atoms with van der Waals surface area (Å²) in [6, 6.07) is 8.64. The van der Waals surface area contributed by atoms with Crippen LogP contribution in [0.5, 0.6) is 0 Å². The van der Waals surface area contributed by atoms with E-state index in [-0.39, 0.29) is 18.3 Å². The third-order valence-electron chi connectivity index (χ3n) is 3.10. The van der Waals surface area contributed by atoms with Crippen LogP contribution in [0.1, 0.15) is 13.8 Å². The minimum absolute atomic E-state index is 0. The van der Waals surface area contributed by atoms with Gasteiger partial charge in [0.15, 0.2) is 0 Å². The molecule has 0 aromatic heterocycles. The Morgan fingerprint density at radius 1 is 1.08 bits per heavy atom. The molecule has 0 radical (unpaired) electrons. The molecule has 0 spiro atoms. The zero-order valence-electron chi connectivity index (χ0n) is 14.3. The summed E-state index contributed by atoms with van der Waals surface area (Å²) in [5, 5.41) is 11.3. The number of carbonyl (C=O) groups excluding carboxylic acids is 2. The fraction of sp³-hybridized carbons (Fsp3) is 0.500. The summed E-state index contributed by atoms with van der Waals surface area (Å²) < 4.78 is 4.91. The maximum absolute atomic E-state index is 12.1. The minimum Gasteiger partial charge on any atom is -0.383 e. The number of hydrogen-bond acceptors (Lipinski definition) is 4. The number of urea groups is 1. The Hall–Kier alpha value is -1.83. The summed E-state index contributed by atoms with van der Waals surface area (Å²) in [5.41, 5.74) is -0.339. The molecule has 0 heterocycles. The van der Waals surface area contributed by atoms with E-state index in [0.29, 0.717) is 25.4 Å². The number of para-hydroxylation sites is 1. The zero-order chi connectivity index (χ0) is 17.1. The Labute approximate surface area is 149 Å². The van der Waals surface area contributed by atoms with Gasteiger partial charge in [-0.2, -0.15) is 0 Å². The molecule has 136 valence electrons. The molecule has 1 aromatic carbocycles. The fourth-order valence-electron chi connectivity index (χ4n) is 1.81. The van der Waals surface area contributed by atoms with Gasteiger partial charge in [0.1, 0.15) is 5.54 Å². The molecule has 0 aliphatic carbocycles. The van der Waals surface area contributed by atoms with E-state index in [0.717, 1.165) is 6.54 Å². The van der Waals surface area contributed by atoms with Crippen LogP contribution in [0.15, 0.2) is 30.3 Å². The molecule has 24 heavy (non-hydrogen) atoms. The van der Waals surface area contributed by atoms with Gasteiger partial charge in [-0.1, -0.05) is 18.2 Å². The Morgan fingerprint density at radius 3 is 2.38 bits per heavy atom. The molecule has 0 aliphatic heterocycles. The molecule has 0 aliphatic rings. The van der Waals surface area contributed by atoms with Gasteiger partial charge < -0.3 is 26.0 Å². The first kappa shape index (κ1) is 22.2. The van der Waals surface area contributed by atoms with Crippen molar-refractivity contribution in [3.63, 3.8) is 0 Å². The van der Waals surface area contributed by atoms with E-state index in [1.54, 1.807) is 33.1 Å². The van der Waals surface area contributed by atoms with Crippen molar-refractivity contribution in [3.05, 3.63) is 30.3 Å². The highest BCUT2D eigenvalue weighted by Crippen LogP contribution is 2.07. The van der Waals surface area contributed by atoms with E-state index in [9.17, 15) is 9.59 Å². The maximum atomic E-state index is 12.1. The van der Waals surface area contributed by atoms with Crippen molar-refractivity contribution in [1.29, 1.82) is 0 Å². The van der Waals surface area contributed by atoms with Gasteiger partial charge in [-0.25, -0.2) is 4.79 Å². The molecule has 0 atom stereocenters. The van der Waals surface area contributed by atoms with Crippen molar-refractivity contribution in [2.24, 2.45) is 0 Å². The second-order valence-electron chi connectivity index (χ2n) is 5.57. The first-order valence-corrected chi connectivity index (χ1v) is 7.58. The van der Waals surface area contributed by atoms with E-state index in [2.05, 4.69) is 21.3 Å². The molecule has 3 amide bonds.